The average molecular weight is 282 g/mol. The average Bonchev–Trinajstić information content (AvgIpc) is 2.63. The Hall–Kier alpha value is -1.22. The summed E-state index contributed by atoms with van der Waals surface area (Å²) >= 11 is 6.28. The van der Waals surface area contributed by atoms with Gasteiger partial charge >= 0.3 is 5.97 Å². The zero-order chi connectivity index (χ0) is 13.8. The second-order valence-corrected chi connectivity index (χ2v) is 5.48. The van der Waals surface area contributed by atoms with Gasteiger partial charge in [0.15, 0.2) is 0 Å². The smallest absolute Gasteiger partial charge is 0.335 e. The number of aromatic carboxylic acids is 1. The van der Waals surface area contributed by atoms with Crippen molar-refractivity contribution in [1.82, 2.24) is 0 Å². The molecule has 4 heteroatoms. The van der Waals surface area contributed by atoms with E-state index in [2.05, 4.69) is 11.8 Å². The molecule has 104 valence electrons. The fourth-order valence-electron chi connectivity index (χ4n) is 2.79. The number of hydrogen-bond acceptors (Lipinski definition) is 2. The van der Waals surface area contributed by atoms with Crippen molar-refractivity contribution in [3.8, 4) is 0 Å². The summed E-state index contributed by atoms with van der Waals surface area (Å²) < 4.78 is 0. The molecule has 1 aromatic rings. The lowest BCUT2D eigenvalue weighted by Crippen LogP contribution is -2.34. The normalized spacial score (nSPS) is 20.1. The Kier molecular flexibility index (Phi) is 4.70. The van der Waals surface area contributed by atoms with Crippen molar-refractivity contribution in [3.63, 3.8) is 0 Å². The molecule has 1 N–H and O–H groups in total. The third-order valence-electron chi connectivity index (χ3n) is 3.85. The first-order valence-electron chi connectivity index (χ1n) is 6.93. The molecule has 2 rings (SSSR count). The third-order valence-corrected chi connectivity index (χ3v) is 4.16. The summed E-state index contributed by atoms with van der Waals surface area (Å²) in [6.45, 7) is 3.20. The number of anilines is 1. The first-order valence-corrected chi connectivity index (χ1v) is 7.30. The van der Waals surface area contributed by atoms with Gasteiger partial charge < -0.3 is 10.0 Å². The molecule has 3 nitrogen and oxygen atoms in total. The lowest BCUT2D eigenvalue weighted by molar-refractivity contribution is 0.0697. The highest BCUT2D eigenvalue weighted by atomic mass is 35.5. The van der Waals surface area contributed by atoms with E-state index in [1.807, 2.05) is 6.07 Å². The largest absolute Gasteiger partial charge is 0.478 e. The quantitative estimate of drug-likeness (QED) is 0.903. The van der Waals surface area contributed by atoms with Crippen LogP contribution in [0.25, 0.3) is 0 Å². The van der Waals surface area contributed by atoms with E-state index in [1.165, 1.54) is 25.7 Å². The zero-order valence-electron chi connectivity index (χ0n) is 11.2. The topological polar surface area (TPSA) is 40.5 Å². The van der Waals surface area contributed by atoms with E-state index in [9.17, 15) is 4.79 Å². The lowest BCUT2D eigenvalue weighted by atomic mass is 10.1. The van der Waals surface area contributed by atoms with Crippen LogP contribution in [0.5, 0.6) is 0 Å². The summed E-state index contributed by atoms with van der Waals surface area (Å²) in [6.07, 6.45) is 5.98. The molecular weight excluding hydrogens is 262 g/mol. The fraction of sp³-hybridized carbons (Fsp3) is 0.533. The first-order chi connectivity index (χ1) is 9.13. The van der Waals surface area contributed by atoms with Gasteiger partial charge in [-0.15, -0.1) is 0 Å². The van der Waals surface area contributed by atoms with Crippen molar-refractivity contribution in [2.24, 2.45) is 0 Å². The van der Waals surface area contributed by atoms with E-state index in [1.54, 1.807) is 12.1 Å². The number of rotatable bonds is 3. The predicted molar refractivity (Wildman–Crippen MR) is 78.3 cm³/mol. The minimum atomic E-state index is -0.934. The Labute approximate surface area is 119 Å². The molecule has 0 aliphatic carbocycles. The van der Waals surface area contributed by atoms with Gasteiger partial charge in [-0.05, 0) is 37.5 Å². The van der Waals surface area contributed by atoms with Crippen LogP contribution in [-0.4, -0.2) is 23.7 Å². The summed E-state index contributed by atoms with van der Waals surface area (Å²) in [7, 11) is 0. The van der Waals surface area contributed by atoms with Crippen LogP contribution in [-0.2, 0) is 0 Å². The van der Waals surface area contributed by atoms with Crippen molar-refractivity contribution >= 4 is 23.3 Å². The van der Waals surface area contributed by atoms with Crippen LogP contribution < -0.4 is 4.90 Å². The molecule has 1 unspecified atom stereocenters. The maximum atomic E-state index is 10.9. The maximum absolute atomic E-state index is 10.9. The van der Waals surface area contributed by atoms with Gasteiger partial charge in [-0.2, -0.15) is 0 Å². The summed E-state index contributed by atoms with van der Waals surface area (Å²) in [4.78, 5) is 13.3. The number of carboxylic acids is 1. The molecule has 1 atom stereocenters. The van der Waals surface area contributed by atoms with Crippen molar-refractivity contribution in [3.05, 3.63) is 28.8 Å². The lowest BCUT2D eigenvalue weighted by Gasteiger charge is -2.32. The summed E-state index contributed by atoms with van der Waals surface area (Å²) in [6, 6.07) is 5.55. The third kappa shape index (κ3) is 3.21. The monoisotopic (exact) mass is 281 g/mol. The van der Waals surface area contributed by atoms with Crippen LogP contribution in [0.4, 0.5) is 5.69 Å². The number of hydrogen-bond donors (Lipinski definition) is 1. The van der Waals surface area contributed by atoms with Crippen LogP contribution in [0.1, 0.15) is 49.4 Å². The van der Waals surface area contributed by atoms with Gasteiger partial charge in [-0.25, -0.2) is 4.79 Å². The molecule has 1 fully saturated rings. The zero-order valence-corrected chi connectivity index (χ0v) is 12.0. The van der Waals surface area contributed by atoms with Crippen LogP contribution in [0, 0.1) is 0 Å². The Balaban J connectivity index is 2.30. The highest BCUT2D eigenvalue weighted by molar-refractivity contribution is 6.33. The number of halogens is 1. The molecule has 0 saturated carbocycles. The van der Waals surface area contributed by atoms with Gasteiger partial charge in [-0.3, -0.25) is 0 Å². The first kappa shape index (κ1) is 14.2. The molecule has 19 heavy (non-hydrogen) atoms. The molecular formula is C15H20ClNO2. The van der Waals surface area contributed by atoms with Crippen molar-refractivity contribution in [2.75, 3.05) is 11.4 Å². The van der Waals surface area contributed by atoms with Gasteiger partial charge in [-0.1, -0.05) is 31.4 Å². The molecule has 1 aromatic carbocycles. The van der Waals surface area contributed by atoms with Gasteiger partial charge in [0.25, 0.3) is 0 Å². The van der Waals surface area contributed by atoms with Gasteiger partial charge in [0.05, 0.1) is 16.3 Å². The SMILES string of the molecule is CCC1CCCCCN1c1ccc(C(=O)O)cc1Cl. The maximum Gasteiger partial charge on any atom is 0.335 e. The number of nitrogens with zero attached hydrogens (tertiary/aromatic N) is 1. The Morgan fingerprint density at radius 1 is 1.42 bits per heavy atom. The van der Waals surface area contributed by atoms with Gasteiger partial charge in [0.1, 0.15) is 0 Å². The van der Waals surface area contributed by atoms with Crippen LogP contribution in [0.15, 0.2) is 18.2 Å². The Morgan fingerprint density at radius 2 is 2.21 bits per heavy atom. The highest BCUT2D eigenvalue weighted by Gasteiger charge is 2.22. The van der Waals surface area contributed by atoms with Gasteiger partial charge in [0.2, 0.25) is 0 Å². The van der Waals surface area contributed by atoms with Crippen molar-refractivity contribution < 1.29 is 9.90 Å². The van der Waals surface area contributed by atoms with Crippen molar-refractivity contribution in [2.45, 2.75) is 45.1 Å². The van der Waals surface area contributed by atoms with E-state index in [4.69, 9.17) is 16.7 Å². The molecule has 0 bridgehead atoms. The second kappa shape index (κ2) is 6.29. The van der Waals surface area contributed by atoms with Crippen LogP contribution >= 0.6 is 11.6 Å². The summed E-state index contributed by atoms with van der Waals surface area (Å²) in [5.74, 6) is -0.934. The standard InChI is InChI=1S/C15H20ClNO2/c1-2-12-6-4-3-5-9-17(12)14-8-7-11(15(18)19)10-13(14)16/h7-8,10,12H,2-6,9H2,1H3,(H,18,19). The molecule has 0 amide bonds. The van der Waals surface area contributed by atoms with E-state index in [0.717, 1.165) is 18.7 Å². The number of benzene rings is 1. The van der Waals surface area contributed by atoms with E-state index in [0.29, 0.717) is 11.1 Å². The molecule has 1 heterocycles. The second-order valence-electron chi connectivity index (χ2n) is 5.08. The van der Waals surface area contributed by atoms with E-state index < -0.39 is 5.97 Å². The Morgan fingerprint density at radius 3 is 2.84 bits per heavy atom. The van der Waals surface area contributed by atoms with Crippen molar-refractivity contribution in [1.29, 1.82) is 0 Å². The molecule has 1 saturated heterocycles. The minimum Gasteiger partial charge on any atom is -0.478 e. The minimum absolute atomic E-state index is 0.247. The molecule has 1 aliphatic heterocycles. The predicted octanol–water partition coefficient (Wildman–Crippen LogP) is 4.20. The highest BCUT2D eigenvalue weighted by Crippen LogP contribution is 2.32. The Bertz CT molecular complexity index is 461. The fourth-order valence-corrected chi connectivity index (χ4v) is 3.08. The van der Waals surface area contributed by atoms with Crippen LogP contribution in [0.2, 0.25) is 5.02 Å². The number of carbonyl (C=O) groups is 1. The molecule has 0 spiro atoms. The summed E-state index contributed by atoms with van der Waals surface area (Å²) in [5.41, 5.74) is 1.22. The number of carboxylic acid groups (broad SMARTS) is 1. The van der Waals surface area contributed by atoms with E-state index >= 15 is 0 Å². The summed E-state index contributed by atoms with van der Waals surface area (Å²) in [5, 5.41) is 9.52. The van der Waals surface area contributed by atoms with Crippen LogP contribution in [0.3, 0.4) is 0 Å². The van der Waals surface area contributed by atoms with Gasteiger partial charge in [0, 0.05) is 12.6 Å². The van der Waals surface area contributed by atoms with E-state index in [-0.39, 0.29) is 5.56 Å². The molecule has 0 radical (unpaired) electrons. The molecule has 1 aliphatic rings. The molecule has 0 aromatic heterocycles.